The average Bonchev–Trinajstić information content (AvgIpc) is 2.36. The van der Waals surface area contributed by atoms with Gasteiger partial charge < -0.3 is 0 Å². The van der Waals surface area contributed by atoms with Crippen molar-refractivity contribution < 1.29 is 12.8 Å². The molecule has 3 nitrogen and oxygen atoms in total. The summed E-state index contributed by atoms with van der Waals surface area (Å²) in [5, 5.41) is 0.574. The normalized spacial score (nSPS) is 11.3. The van der Waals surface area contributed by atoms with Crippen LogP contribution in [-0.2, 0) is 16.6 Å². The lowest BCUT2D eigenvalue weighted by molar-refractivity contribution is 0.595. The van der Waals surface area contributed by atoms with Crippen molar-refractivity contribution in [3.05, 3.63) is 64.9 Å². The van der Waals surface area contributed by atoms with Gasteiger partial charge in [-0.25, -0.2) is 12.8 Å². The maximum Gasteiger partial charge on any atom is 0.232 e. The zero-order chi connectivity index (χ0) is 14.8. The molecule has 0 heterocycles. The van der Waals surface area contributed by atoms with Crippen LogP contribution in [-0.4, -0.2) is 14.7 Å². The summed E-state index contributed by atoms with van der Waals surface area (Å²) >= 11 is 5.79. The molecule has 0 aromatic heterocycles. The minimum atomic E-state index is -3.51. The first-order valence-corrected chi connectivity index (χ1v) is 8.06. The van der Waals surface area contributed by atoms with E-state index < -0.39 is 15.8 Å². The fraction of sp³-hybridized carbons (Fsp3) is 0.143. The smallest absolute Gasteiger partial charge is 0.232 e. The minimum Gasteiger partial charge on any atom is -0.266 e. The molecular weight excluding hydrogens is 301 g/mol. The van der Waals surface area contributed by atoms with E-state index in [4.69, 9.17) is 11.6 Å². The molecule has 2 aromatic carbocycles. The van der Waals surface area contributed by atoms with Crippen LogP contribution in [0.2, 0.25) is 5.02 Å². The third kappa shape index (κ3) is 3.71. The van der Waals surface area contributed by atoms with Crippen molar-refractivity contribution in [2.24, 2.45) is 0 Å². The molecule has 0 saturated carbocycles. The molecule has 6 heteroatoms. The number of hydrogen-bond donors (Lipinski definition) is 0. The molecule has 0 spiro atoms. The van der Waals surface area contributed by atoms with Gasteiger partial charge in [-0.1, -0.05) is 29.8 Å². The van der Waals surface area contributed by atoms with E-state index in [-0.39, 0.29) is 6.54 Å². The highest BCUT2D eigenvalue weighted by atomic mass is 35.5. The zero-order valence-corrected chi connectivity index (χ0v) is 12.3. The topological polar surface area (TPSA) is 37.4 Å². The van der Waals surface area contributed by atoms with Gasteiger partial charge in [0.05, 0.1) is 18.5 Å². The molecule has 2 rings (SSSR count). The Morgan fingerprint density at radius 2 is 1.80 bits per heavy atom. The average molecular weight is 314 g/mol. The van der Waals surface area contributed by atoms with Crippen molar-refractivity contribution in [2.75, 3.05) is 10.6 Å². The standard InChI is InChI=1S/C14H13ClFNO2S/c1-20(18,19)17(14-4-2-3-13(16)9-14)10-11-5-7-12(15)8-6-11/h2-9H,10H2,1H3. The van der Waals surface area contributed by atoms with Gasteiger partial charge in [0.15, 0.2) is 0 Å². The molecule has 0 unspecified atom stereocenters. The first kappa shape index (κ1) is 14.8. The summed E-state index contributed by atoms with van der Waals surface area (Å²) in [6, 6.07) is 12.3. The number of halogens is 2. The van der Waals surface area contributed by atoms with Gasteiger partial charge in [-0.15, -0.1) is 0 Å². The molecule has 20 heavy (non-hydrogen) atoms. The van der Waals surface area contributed by atoms with Crippen molar-refractivity contribution in [2.45, 2.75) is 6.54 Å². The van der Waals surface area contributed by atoms with Crippen molar-refractivity contribution in [3.63, 3.8) is 0 Å². The molecular formula is C14H13ClFNO2S. The summed E-state index contributed by atoms with van der Waals surface area (Å²) in [6.07, 6.45) is 1.09. The molecule has 0 radical (unpaired) electrons. The van der Waals surface area contributed by atoms with Crippen molar-refractivity contribution >= 4 is 27.3 Å². The van der Waals surface area contributed by atoms with Gasteiger partial charge >= 0.3 is 0 Å². The van der Waals surface area contributed by atoms with E-state index in [0.717, 1.165) is 16.1 Å². The van der Waals surface area contributed by atoms with Crippen LogP contribution >= 0.6 is 11.6 Å². The number of anilines is 1. The molecule has 106 valence electrons. The lowest BCUT2D eigenvalue weighted by Gasteiger charge is -2.22. The molecule has 0 bridgehead atoms. The third-order valence-corrected chi connectivity index (χ3v) is 4.13. The molecule has 0 aliphatic rings. The Hall–Kier alpha value is -1.59. The zero-order valence-electron chi connectivity index (χ0n) is 10.8. The second kappa shape index (κ2) is 5.81. The van der Waals surface area contributed by atoms with Gasteiger partial charge in [0.1, 0.15) is 5.82 Å². The van der Waals surface area contributed by atoms with E-state index in [1.54, 1.807) is 30.3 Å². The van der Waals surface area contributed by atoms with Crippen LogP contribution in [0.3, 0.4) is 0 Å². The molecule has 0 N–H and O–H groups in total. The largest absolute Gasteiger partial charge is 0.266 e. The molecule has 0 saturated heterocycles. The fourth-order valence-corrected chi connectivity index (χ4v) is 2.79. The number of hydrogen-bond acceptors (Lipinski definition) is 2. The van der Waals surface area contributed by atoms with Crippen LogP contribution in [0.5, 0.6) is 0 Å². The second-order valence-corrected chi connectivity index (χ2v) is 6.72. The molecule has 0 aliphatic heterocycles. The summed E-state index contributed by atoms with van der Waals surface area (Å²) in [6.45, 7) is 0.124. The van der Waals surface area contributed by atoms with E-state index in [1.807, 2.05) is 0 Å². The van der Waals surface area contributed by atoms with Gasteiger partial charge in [-0.2, -0.15) is 0 Å². The van der Waals surface area contributed by atoms with Crippen LogP contribution in [0.25, 0.3) is 0 Å². The third-order valence-electron chi connectivity index (χ3n) is 2.74. The van der Waals surface area contributed by atoms with Crippen LogP contribution in [0.1, 0.15) is 5.56 Å². The summed E-state index contributed by atoms with van der Waals surface area (Å²) < 4.78 is 38.2. The van der Waals surface area contributed by atoms with Gasteiger partial charge in [-0.3, -0.25) is 4.31 Å². The van der Waals surface area contributed by atoms with E-state index >= 15 is 0 Å². The molecule has 0 fully saturated rings. The van der Waals surface area contributed by atoms with Crippen LogP contribution in [0, 0.1) is 5.82 Å². The molecule has 0 atom stereocenters. The quantitative estimate of drug-likeness (QED) is 0.867. The summed E-state index contributed by atoms with van der Waals surface area (Å²) in [5.74, 6) is -0.479. The van der Waals surface area contributed by atoms with Gasteiger partial charge in [0, 0.05) is 5.02 Å². The highest BCUT2D eigenvalue weighted by molar-refractivity contribution is 7.92. The number of rotatable bonds is 4. The Kier molecular flexibility index (Phi) is 4.30. The van der Waals surface area contributed by atoms with Gasteiger partial charge in [0.25, 0.3) is 0 Å². The van der Waals surface area contributed by atoms with Crippen LogP contribution < -0.4 is 4.31 Å². The first-order chi connectivity index (χ1) is 9.36. The van der Waals surface area contributed by atoms with Crippen molar-refractivity contribution in [1.29, 1.82) is 0 Å². The monoisotopic (exact) mass is 313 g/mol. The molecule has 2 aromatic rings. The van der Waals surface area contributed by atoms with Crippen LogP contribution in [0.15, 0.2) is 48.5 Å². The maximum absolute atomic E-state index is 13.3. The second-order valence-electron chi connectivity index (χ2n) is 4.38. The maximum atomic E-state index is 13.3. The predicted octanol–water partition coefficient (Wildman–Crippen LogP) is 3.45. The summed E-state index contributed by atoms with van der Waals surface area (Å²) in [5.41, 5.74) is 1.06. The van der Waals surface area contributed by atoms with E-state index in [1.165, 1.54) is 18.2 Å². The SMILES string of the molecule is CS(=O)(=O)N(Cc1ccc(Cl)cc1)c1cccc(F)c1. The lowest BCUT2D eigenvalue weighted by atomic mass is 10.2. The minimum absolute atomic E-state index is 0.124. The highest BCUT2D eigenvalue weighted by Gasteiger charge is 2.18. The van der Waals surface area contributed by atoms with Crippen molar-refractivity contribution in [1.82, 2.24) is 0 Å². The fourth-order valence-electron chi connectivity index (χ4n) is 1.79. The molecule has 0 amide bonds. The number of nitrogens with zero attached hydrogens (tertiary/aromatic N) is 1. The summed E-state index contributed by atoms with van der Waals surface area (Å²) in [4.78, 5) is 0. The Balaban J connectivity index is 2.37. The van der Waals surface area contributed by atoms with Crippen molar-refractivity contribution in [3.8, 4) is 0 Å². The van der Waals surface area contributed by atoms with Gasteiger partial charge in [0.2, 0.25) is 10.0 Å². The molecule has 0 aliphatic carbocycles. The predicted molar refractivity (Wildman–Crippen MR) is 78.9 cm³/mol. The number of benzene rings is 2. The first-order valence-electron chi connectivity index (χ1n) is 5.84. The Labute approximate surface area is 122 Å². The van der Waals surface area contributed by atoms with E-state index in [2.05, 4.69) is 0 Å². The van der Waals surface area contributed by atoms with Gasteiger partial charge in [-0.05, 0) is 35.9 Å². The Bertz CT molecular complexity index is 701. The highest BCUT2D eigenvalue weighted by Crippen LogP contribution is 2.22. The van der Waals surface area contributed by atoms with Crippen LogP contribution in [0.4, 0.5) is 10.1 Å². The summed E-state index contributed by atoms with van der Waals surface area (Å²) in [7, 11) is -3.51. The number of sulfonamides is 1. The van der Waals surface area contributed by atoms with E-state index in [0.29, 0.717) is 10.7 Å². The van der Waals surface area contributed by atoms with E-state index in [9.17, 15) is 12.8 Å². The lowest BCUT2D eigenvalue weighted by Crippen LogP contribution is -2.29. The Morgan fingerprint density at radius 3 is 2.35 bits per heavy atom. The Morgan fingerprint density at radius 1 is 1.15 bits per heavy atom.